The Hall–Kier alpha value is -1.02. The number of nitrogens with zero attached hydrogens (tertiary/aromatic N) is 1. The molecule has 0 bridgehead atoms. The van der Waals surface area contributed by atoms with Crippen molar-refractivity contribution in [2.75, 3.05) is 21.1 Å². The Labute approximate surface area is 86.4 Å². The fourth-order valence-corrected chi connectivity index (χ4v) is 1.68. The average Bonchev–Trinajstić information content (AvgIpc) is 1.96. The zero-order chi connectivity index (χ0) is 10.9. The highest BCUT2D eigenvalue weighted by atomic mass is 16.3. The van der Waals surface area contributed by atoms with Crippen molar-refractivity contribution in [1.82, 2.24) is 0 Å². The smallest absolute Gasteiger partial charge is 0.121 e. The van der Waals surface area contributed by atoms with Gasteiger partial charge < -0.3 is 9.59 Å². The topological polar surface area (TPSA) is 20.2 Å². The molecule has 1 N–H and O–H groups in total. The molecule has 1 aromatic rings. The Morgan fingerprint density at radius 3 is 1.86 bits per heavy atom. The van der Waals surface area contributed by atoms with Crippen LogP contribution >= 0.6 is 0 Å². The second-order valence-corrected chi connectivity index (χ2v) is 5.03. The molecule has 0 radical (unpaired) electrons. The molecule has 0 aromatic heterocycles. The van der Waals surface area contributed by atoms with E-state index in [9.17, 15) is 5.11 Å². The van der Waals surface area contributed by atoms with Gasteiger partial charge in [0.15, 0.2) is 0 Å². The Bertz CT molecular complexity index is 314. The summed E-state index contributed by atoms with van der Waals surface area (Å²) in [5.74, 6) is 0.426. The number of aromatic hydroxyl groups is 1. The number of quaternary nitrogens is 1. The van der Waals surface area contributed by atoms with Crippen LogP contribution in [-0.4, -0.2) is 30.7 Å². The van der Waals surface area contributed by atoms with Crippen molar-refractivity contribution in [3.63, 3.8) is 0 Å². The lowest BCUT2D eigenvalue weighted by Crippen LogP contribution is -2.33. The van der Waals surface area contributed by atoms with E-state index in [-0.39, 0.29) is 0 Å². The number of phenols is 1. The van der Waals surface area contributed by atoms with E-state index in [2.05, 4.69) is 33.3 Å². The van der Waals surface area contributed by atoms with Gasteiger partial charge in [-0.05, 0) is 37.1 Å². The summed E-state index contributed by atoms with van der Waals surface area (Å²) in [6.07, 6.45) is 0. The molecule has 0 atom stereocenters. The number of phenolic OH excluding ortho intramolecular Hbond substituents is 1. The minimum Gasteiger partial charge on any atom is -0.507 e. The van der Waals surface area contributed by atoms with Gasteiger partial charge in [-0.3, -0.25) is 0 Å². The molecule has 0 saturated carbocycles. The summed E-state index contributed by atoms with van der Waals surface area (Å²) in [7, 11) is 6.49. The molecule has 0 amide bonds. The van der Waals surface area contributed by atoms with E-state index in [0.29, 0.717) is 5.75 Å². The van der Waals surface area contributed by atoms with Gasteiger partial charge in [0, 0.05) is 5.56 Å². The molecule has 0 fully saturated rings. The molecule has 0 aliphatic heterocycles. The molecule has 0 aliphatic carbocycles. The largest absolute Gasteiger partial charge is 0.507 e. The molecule has 1 aromatic carbocycles. The molecule has 0 aliphatic rings. The highest BCUT2D eigenvalue weighted by molar-refractivity contribution is 5.41. The Kier molecular flexibility index (Phi) is 2.86. The zero-order valence-corrected chi connectivity index (χ0v) is 9.76. The number of benzene rings is 1. The fourth-order valence-electron chi connectivity index (χ4n) is 1.68. The molecule has 0 heterocycles. The highest BCUT2D eigenvalue weighted by Gasteiger charge is 2.11. The van der Waals surface area contributed by atoms with Gasteiger partial charge in [-0.15, -0.1) is 0 Å². The first kappa shape index (κ1) is 11.1. The van der Waals surface area contributed by atoms with Crippen LogP contribution in [0.15, 0.2) is 12.1 Å². The maximum atomic E-state index is 9.62. The van der Waals surface area contributed by atoms with Gasteiger partial charge in [-0.1, -0.05) is 0 Å². The van der Waals surface area contributed by atoms with Crippen molar-refractivity contribution in [1.29, 1.82) is 0 Å². The van der Waals surface area contributed by atoms with Crippen LogP contribution in [0, 0.1) is 13.8 Å². The zero-order valence-electron chi connectivity index (χ0n) is 9.76. The van der Waals surface area contributed by atoms with Crippen molar-refractivity contribution >= 4 is 0 Å². The lowest BCUT2D eigenvalue weighted by Gasteiger charge is -2.24. The monoisotopic (exact) mass is 194 g/mol. The summed E-state index contributed by atoms with van der Waals surface area (Å²) < 4.78 is 0.906. The van der Waals surface area contributed by atoms with E-state index in [4.69, 9.17) is 0 Å². The number of hydrogen-bond donors (Lipinski definition) is 1. The predicted molar refractivity (Wildman–Crippen MR) is 59.3 cm³/mol. The molecular formula is C12H20NO+. The standard InChI is InChI=1S/C12H19NO/c1-9-6-11(8-13(3,4)5)7-10(2)12(9)14/h6-7H,8H2,1-5H3/p+1. The first-order valence-electron chi connectivity index (χ1n) is 4.89. The first-order valence-corrected chi connectivity index (χ1v) is 4.89. The lowest BCUT2D eigenvalue weighted by molar-refractivity contribution is -0.884. The van der Waals surface area contributed by atoms with E-state index in [1.807, 2.05) is 13.8 Å². The Morgan fingerprint density at radius 1 is 1.07 bits per heavy atom. The maximum absolute atomic E-state index is 9.62. The molecule has 78 valence electrons. The summed E-state index contributed by atoms with van der Waals surface area (Å²) in [6.45, 7) is 4.88. The second-order valence-electron chi connectivity index (χ2n) is 5.03. The summed E-state index contributed by atoms with van der Waals surface area (Å²) in [5.41, 5.74) is 3.22. The van der Waals surface area contributed by atoms with E-state index in [1.54, 1.807) is 0 Å². The minimum atomic E-state index is 0.426. The number of rotatable bonds is 2. The average molecular weight is 194 g/mol. The Balaban J connectivity index is 3.02. The molecule has 1 rings (SSSR count). The predicted octanol–water partition coefficient (Wildman–Crippen LogP) is 2.22. The number of aryl methyl sites for hydroxylation is 2. The summed E-state index contributed by atoms with van der Waals surface area (Å²) in [4.78, 5) is 0. The number of hydrogen-bond acceptors (Lipinski definition) is 1. The van der Waals surface area contributed by atoms with Crippen LogP contribution in [0.25, 0.3) is 0 Å². The lowest BCUT2D eigenvalue weighted by atomic mass is 10.1. The molecule has 0 saturated heterocycles. The van der Waals surface area contributed by atoms with E-state index in [1.165, 1.54) is 5.56 Å². The first-order chi connectivity index (χ1) is 6.29. The normalized spacial score (nSPS) is 11.8. The molecule has 14 heavy (non-hydrogen) atoms. The van der Waals surface area contributed by atoms with Gasteiger partial charge >= 0.3 is 0 Å². The van der Waals surface area contributed by atoms with Crippen LogP contribution in [0.5, 0.6) is 5.75 Å². The Morgan fingerprint density at radius 2 is 1.50 bits per heavy atom. The van der Waals surface area contributed by atoms with Gasteiger partial charge in [-0.25, -0.2) is 0 Å². The van der Waals surface area contributed by atoms with E-state index >= 15 is 0 Å². The second kappa shape index (κ2) is 3.62. The molecule has 2 heteroatoms. The minimum absolute atomic E-state index is 0.426. The van der Waals surface area contributed by atoms with Crippen molar-refractivity contribution in [3.05, 3.63) is 28.8 Å². The SMILES string of the molecule is Cc1cc(C[N+](C)(C)C)cc(C)c1O. The summed E-state index contributed by atoms with van der Waals surface area (Å²) in [6, 6.07) is 4.12. The summed E-state index contributed by atoms with van der Waals surface area (Å²) in [5, 5.41) is 9.62. The van der Waals surface area contributed by atoms with Crippen LogP contribution in [0.2, 0.25) is 0 Å². The highest BCUT2D eigenvalue weighted by Crippen LogP contribution is 2.23. The van der Waals surface area contributed by atoms with Crippen molar-refractivity contribution in [3.8, 4) is 5.75 Å². The molecule has 2 nitrogen and oxygen atoms in total. The fraction of sp³-hybridized carbons (Fsp3) is 0.500. The van der Waals surface area contributed by atoms with Crippen molar-refractivity contribution < 1.29 is 9.59 Å². The van der Waals surface area contributed by atoms with Crippen LogP contribution in [0.4, 0.5) is 0 Å². The van der Waals surface area contributed by atoms with E-state index in [0.717, 1.165) is 22.2 Å². The van der Waals surface area contributed by atoms with E-state index < -0.39 is 0 Å². The molecule has 0 spiro atoms. The molecular weight excluding hydrogens is 174 g/mol. The van der Waals surface area contributed by atoms with Gasteiger partial charge in [0.05, 0.1) is 21.1 Å². The van der Waals surface area contributed by atoms with Gasteiger partial charge in [-0.2, -0.15) is 0 Å². The maximum Gasteiger partial charge on any atom is 0.121 e. The van der Waals surface area contributed by atoms with Crippen LogP contribution < -0.4 is 0 Å². The summed E-state index contributed by atoms with van der Waals surface area (Å²) >= 11 is 0. The van der Waals surface area contributed by atoms with Gasteiger partial charge in [0.1, 0.15) is 12.3 Å². The third-order valence-corrected chi connectivity index (χ3v) is 2.21. The quantitative estimate of drug-likeness (QED) is 0.716. The van der Waals surface area contributed by atoms with Gasteiger partial charge in [0.2, 0.25) is 0 Å². The third-order valence-electron chi connectivity index (χ3n) is 2.21. The van der Waals surface area contributed by atoms with Crippen molar-refractivity contribution in [2.45, 2.75) is 20.4 Å². The van der Waals surface area contributed by atoms with Crippen molar-refractivity contribution in [2.24, 2.45) is 0 Å². The van der Waals surface area contributed by atoms with Crippen LogP contribution in [0.1, 0.15) is 16.7 Å². The van der Waals surface area contributed by atoms with Crippen LogP contribution in [0.3, 0.4) is 0 Å². The van der Waals surface area contributed by atoms with Crippen LogP contribution in [-0.2, 0) is 6.54 Å². The van der Waals surface area contributed by atoms with Gasteiger partial charge in [0.25, 0.3) is 0 Å². The third kappa shape index (κ3) is 2.74. The molecule has 0 unspecified atom stereocenters.